The Morgan fingerprint density at radius 3 is 3.00 bits per heavy atom. The summed E-state index contributed by atoms with van der Waals surface area (Å²) in [5.41, 5.74) is 2.21. The molecule has 0 radical (unpaired) electrons. The second-order valence-electron chi connectivity index (χ2n) is 4.94. The van der Waals surface area contributed by atoms with Crippen LogP contribution in [0.5, 0.6) is 0 Å². The first kappa shape index (κ1) is 13.9. The van der Waals surface area contributed by atoms with Gasteiger partial charge in [-0.25, -0.2) is 9.48 Å². The molecule has 0 spiro atoms. The van der Waals surface area contributed by atoms with Crippen LogP contribution in [0.2, 0.25) is 0 Å². The van der Waals surface area contributed by atoms with E-state index < -0.39 is 0 Å². The van der Waals surface area contributed by atoms with Crippen LogP contribution < -0.4 is 0 Å². The minimum atomic E-state index is -0.381. The summed E-state index contributed by atoms with van der Waals surface area (Å²) >= 11 is 3.45. The van der Waals surface area contributed by atoms with E-state index in [4.69, 9.17) is 11.2 Å². The Kier molecular flexibility index (Phi) is 3.56. The zero-order valence-corrected chi connectivity index (χ0v) is 13.0. The third-order valence-electron chi connectivity index (χ3n) is 3.62. The summed E-state index contributed by atoms with van der Waals surface area (Å²) in [6.45, 7) is 0. The zero-order chi connectivity index (χ0) is 15.0. The van der Waals surface area contributed by atoms with E-state index in [0.29, 0.717) is 5.56 Å². The summed E-state index contributed by atoms with van der Waals surface area (Å²) in [7, 11) is 1.37. The number of carbonyl (C=O) groups excluding carboxylic acids is 1. The van der Waals surface area contributed by atoms with E-state index in [-0.39, 0.29) is 17.8 Å². The van der Waals surface area contributed by atoms with Crippen molar-refractivity contribution < 1.29 is 9.53 Å². The molecule has 0 aliphatic heterocycles. The van der Waals surface area contributed by atoms with Crippen LogP contribution in [-0.2, 0) is 4.74 Å². The first-order chi connectivity index (χ1) is 10.2. The van der Waals surface area contributed by atoms with Gasteiger partial charge in [0.25, 0.3) is 0 Å². The molecule has 5 heteroatoms. The minimum absolute atomic E-state index is 0.158. The van der Waals surface area contributed by atoms with Gasteiger partial charge in [-0.2, -0.15) is 5.10 Å². The number of benzene rings is 1. The van der Waals surface area contributed by atoms with Crippen LogP contribution in [0.1, 0.15) is 28.4 Å². The van der Waals surface area contributed by atoms with Gasteiger partial charge in [-0.15, -0.1) is 12.3 Å². The van der Waals surface area contributed by atoms with Crippen molar-refractivity contribution in [3.8, 4) is 18.0 Å². The number of methoxy groups -OCH3 is 1. The molecule has 3 rings (SSSR count). The fraction of sp³-hybridized carbons (Fsp3) is 0.250. The number of carbonyl (C=O) groups is 1. The molecule has 0 saturated heterocycles. The lowest BCUT2D eigenvalue weighted by Gasteiger charge is -2.09. The fourth-order valence-corrected chi connectivity index (χ4v) is 2.86. The molecule has 0 amide bonds. The second-order valence-corrected chi connectivity index (χ2v) is 5.86. The number of hydrogen-bond acceptors (Lipinski definition) is 3. The average molecular weight is 345 g/mol. The molecule has 0 bridgehead atoms. The lowest BCUT2D eigenvalue weighted by Crippen LogP contribution is -2.08. The predicted molar refractivity (Wildman–Crippen MR) is 82.3 cm³/mol. The Morgan fingerprint density at radius 1 is 1.57 bits per heavy atom. The average Bonchev–Trinajstić information content (AvgIpc) is 3.15. The van der Waals surface area contributed by atoms with Crippen molar-refractivity contribution in [1.82, 2.24) is 9.78 Å². The monoisotopic (exact) mass is 344 g/mol. The molecule has 1 saturated carbocycles. The third kappa shape index (κ3) is 2.47. The minimum Gasteiger partial charge on any atom is -0.465 e. The maximum Gasteiger partial charge on any atom is 0.341 e. The molecule has 106 valence electrons. The SMILES string of the molecule is C#C[C@@H]1C[C@H]1c1c(C(=O)OC)cnn1-c1cccc(Br)c1. The first-order valence-electron chi connectivity index (χ1n) is 6.54. The molecule has 0 N–H and O–H groups in total. The maximum atomic E-state index is 11.9. The molecule has 1 aliphatic carbocycles. The van der Waals surface area contributed by atoms with Crippen molar-refractivity contribution in [2.45, 2.75) is 12.3 Å². The molecule has 0 unspecified atom stereocenters. The van der Waals surface area contributed by atoms with Gasteiger partial charge in [0.2, 0.25) is 0 Å². The van der Waals surface area contributed by atoms with E-state index in [2.05, 4.69) is 26.9 Å². The lowest BCUT2D eigenvalue weighted by molar-refractivity contribution is 0.0599. The quantitative estimate of drug-likeness (QED) is 0.634. The van der Waals surface area contributed by atoms with Gasteiger partial charge in [0, 0.05) is 16.3 Å². The first-order valence-corrected chi connectivity index (χ1v) is 7.33. The van der Waals surface area contributed by atoms with Crippen molar-refractivity contribution in [3.63, 3.8) is 0 Å². The van der Waals surface area contributed by atoms with Crippen molar-refractivity contribution in [1.29, 1.82) is 0 Å². The van der Waals surface area contributed by atoms with Crippen LogP contribution in [0.3, 0.4) is 0 Å². The molecular formula is C16H13BrN2O2. The van der Waals surface area contributed by atoms with Crippen LogP contribution in [0.25, 0.3) is 5.69 Å². The summed E-state index contributed by atoms with van der Waals surface area (Å²) in [5, 5.41) is 4.35. The summed E-state index contributed by atoms with van der Waals surface area (Å²) in [5.74, 6) is 2.69. The van der Waals surface area contributed by atoms with Gasteiger partial charge in [0.05, 0.1) is 24.7 Å². The molecule has 1 heterocycles. The van der Waals surface area contributed by atoms with E-state index in [9.17, 15) is 4.79 Å². The van der Waals surface area contributed by atoms with Crippen molar-refractivity contribution in [3.05, 3.63) is 46.2 Å². The summed E-state index contributed by atoms with van der Waals surface area (Å²) in [4.78, 5) is 11.9. The zero-order valence-electron chi connectivity index (χ0n) is 11.4. The van der Waals surface area contributed by atoms with Gasteiger partial charge in [-0.1, -0.05) is 22.0 Å². The van der Waals surface area contributed by atoms with Crippen molar-refractivity contribution >= 4 is 21.9 Å². The maximum absolute atomic E-state index is 11.9. The molecule has 1 aromatic carbocycles. The summed E-state index contributed by atoms with van der Waals surface area (Å²) in [6, 6.07) is 7.75. The molecule has 4 nitrogen and oxygen atoms in total. The predicted octanol–water partition coefficient (Wildman–Crippen LogP) is 3.16. The van der Waals surface area contributed by atoms with E-state index in [1.807, 2.05) is 24.3 Å². The topological polar surface area (TPSA) is 44.1 Å². The third-order valence-corrected chi connectivity index (χ3v) is 4.11. The highest BCUT2D eigenvalue weighted by Gasteiger charge is 2.42. The van der Waals surface area contributed by atoms with Gasteiger partial charge < -0.3 is 4.74 Å². The van der Waals surface area contributed by atoms with Gasteiger partial charge in [0.1, 0.15) is 5.56 Å². The molecule has 2 aromatic rings. The summed E-state index contributed by atoms with van der Waals surface area (Å²) in [6.07, 6.45) is 7.92. The Bertz CT molecular complexity index is 745. The Hall–Kier alpha value is -2.06. The number of rotatable bonds is 3. The van der Waals surface area contributed by atoms with Crippen LogP contribution in [0, 0.1) is 18.3 Å². The van der Waals surface area contributed by atoms with Crippen LogP contribution in [0.15, 0.2) is 34.9 Å². The van der Waals surface area contributed by atoms with E-state index in [1.54, 1.807) is 10.9 Å². The number of nitrogens with zero attached hydrogens (tertiary/aromatic N) is 2. The molecule has 21 heavy (non-hydrogen) atoms. The molecule has 1 aliphatic rings. The number of ether oxygens (including phenoxy) is 1. The summed E-state index contributed by atoms with van der Waals surface area (Å²) < 4.78 is 7.57. The molecule has 2 atom stereocenters. The second kappa shape index (κ2) is 5.38. The molecular weight excluding hydrogens is 332 g/mol. The highest BCUT2D eigenvalue weighted by Crippen LogP contribution is 2.48. The fourth-order valence-electron chi connectivity index (χ4n) is 2.48. The Balaban J connectivity index is 2.11. The number of halogens is 1. The van der Waals surface area contributed by atoms with Gasteiger partial charge in [-0.05, 0) is 24.6 Å². The standard InChI is InChI=1S/C16H13BrN2O2/c1-3-10-7-13(10)15-14(16(20)21-2)9-18-19(15)12-6-4-5-11(17)8-12/h1,4-6,8-10,13H,7H2,2H3/t10-,13-/m1/s1. The molecule has 1 fully saturated rings. The number of aromatic nitrogens is 2. The number of terminal acetylenes is 1. The Morgan fingerprint density at radius 2 is 2.38 bits per heavy atom. The largest absolute Gasteiger partial charge is 0.465 e. The highest BCUT2D eigenvalue weighted by molar-refractivity contribution is 9.10. The van der Waals surface area contributed by atoms with Crippen LogP contribution in [0.4, 0.5) is 0 Å². The molecule has 1 aromatic heterocycles. The van der Waals surface area contributed by atoms with Gasteiger partial charge >= 0.3 is 5.97 Å². The normalized spacial score (nSPS) is 19.9. The van der Waals surface area contributed by atoms with Crippen LogP contribution >= 0.6 is 15.9 Å². The lowest BCUT2D eigenvalue weighted by atomic mass is 10.1. The van der Waals surface area contributed by atoms with Crippen LogP contribution in [-0.4, -0.2) is 22.9 Å². The smallest absolute Gasteiger partial charge is 0.341 e. The van der Waals surface area contributed by atoms with Gasteiger partial charge in [0.15, 0.2) is 0 Å². The highest BCUT2D eigenvalue weighted by atomic mass is 79.9. The van der Waals surface area contributed by atoms with Crippen molar-refractivity contribution in [2.75, 3.05) is 7.11 Å². The van der Waals surface area contributed by atoms with E-state index >= 15 is 0 Å². The van der Waals surface area contributed by atoms with Gasteiger partial charge in [-0.3, -0.25) is 0 Å². The number of hydrogen-bond donors (Lipinski definition) is 0. The van der Waals surface area contributed by atoms with Crippen molar-refractivity contribution in [2.24, 2.45) is 5.92 Å². The van der Waals surface area contributed by atoms with E-state index in [0.717, 1.165) is 22.3 Å². The van der Waals surface area contributed by atoms with E-state index in [1.165, 1.54) is 7.11 Å². The Labute approximate surface area is 131 Å². The number of esters is 1.